The highest BCUT2D eigenvalue weighted by molar-refractivity contribution is 6.21. The molecule has 0 radical (unpaired) electrons. The van der Waals surface area contributed by atoms with Crippen molar-refractivity contribution in [3.05, 3.63) is 158 Å². The molecule has 0 saturated heterocycles. The summed E-state index contributed by atoms with van der Waals surface area (Å²) in [5.74, 6) is 0. The van der Waals surface area contributed by atoms with E-state index in [4.69, 9.17) is 4.42 Å². The molecule has 0 fully saturated rings. The molecule has 0 aliphatic rings. The zero-order valence-electron chi connectivity index (χ0n) is 24.3. The van der Waals surface area contributed by atoms with Crippen molar-refractivity contribution in [2.24, 2.45) is 0 Å². The molecule has 3 nitrogen and oxygen atoms in total. The molecule has 7 aromatic carbocycles. The number of aromatic nitrogens is 2. The molecule has 10 aromatic rings. The average Bonchev–Trinajstić information content (AvgIpc) is 3.76. The van der Waals surface area contributed by atoms with Crippen molar-refractivity contribution < 1.29 is 4.42 Å². The molecule has 0 N–H and O–H groups in total. The third-order valence-electron chi connectivity index (χ3n) is 9.32. The van der Waals surface area contributed by atoms with Crippen LogP contribution < -0.4 is 0 Å². The number of para-hydroxylation sites is 4. The van der Waals surface area contributed by atoms with Gasteiger partial charge in [-0.3, -0.25) is 0 Å². The average molecular weight is 575 g/mol. The molecule has 0 saturated carbocycles. The molecule has 3 aromatic heterocycles. The summed E-state index contributed by atoms with van der Waals surface area (Å²) < 4.78 is 11.3. The van der Waals surface area contributed by atoms with Crippen LogP contribution >= 0.6 is 0 Å². The van der Waals surface area contributed by atoms with Crippen LogP contribution in [0.25, 0.3) is 88.1 Å². The Kier molecular flexibility index (Phi) is 5.00. The smallest absolute Gasteiger partial charge is 0.160 e. The predicted octanol–water partition coefficient (Wildman–Crippen LogP) is 11.4. The maximum absolute atomic E-state index is 6.56. The highest BCUT2D eigenvalue weighted by Crippen LogP contribution is 2.40. The third kappa shape index (κ3) is 3.46. The maximum atomic E-state index is 6.56. The third-order valence-corrected chi connectivity index (χ3v) is 9.32. The van der Waals surface area contributed by atoms with Gasteiger partial charge in [0, 0.05) is 43.7 Å². The number of furan rings is 1. The highest BCUT2D eigenvalue weighted by atomic mass is 16.3. The molecular formula is C42H26N2O. The van der Waals surface area contributed by atoms with Crippen molar-refractivity contribution in [1.82, 2.24) is 9.13 Å². The first-order valence-corrected chi connectivity index (χ1v) is 15.4. The molecule has 0 unspecified atom stereocenters. The molecule has 0 bridgehead atoms. The van der Waals surface area contributed by atoms with Crippen LogP contribution in [0, 0.1) is 0 Å². The van der Waals surface area contributed by atoms with Crippen LogP contribution in [0.4, 0.5) is 0 Å². The van der Waals surface area contributed by atoms with E-state index in [0.717, 1.165) is 38.8 Å². The van der Waals surface area contributed by atoms with Gasteiger partial charge >= 0.3 is 0 Å². The van der Waals surface area contributed by atoms with E-state index in [-0.39, 0.29) is 0 Å². The lowest BCUT2D eigenvalue weighted by atomic mass is 10.0. The summed E-state index contributed by atoms with van der Waals surface area (Å²) in [5.41, 5.74) is 11.1. The molecule has 210 valence electrons. The molecule has 3 heteroatoms. The second-order valence-corrected chi connectivity index (χ2v) is 11.8. The fourth-order valence-corrected chi connectivity index (χ4v) is 7.33. The summed E-state index contributed by atoms with van der Waals surface area (Å²) >= 11 is 0. The minimum Gasteiger partial charge on any atom is -0.454 e. The van der Waals surface area contributed by atoms with E-state index < -0.39 is 0 Å². The Morgan fingerprint density at radius 2 is 0.933 bits per heavy atom. The molecular weight excluding hydrogens is 548 g/mol. The largest absolute Gasteiger partial charge is 0.454 e. The fraction of sp³-hybridized carbons (Fsp3) is 0. The number of hydrogen-bond donors (Lipinski definition) is 0. The van der Waals surface area contributed by atoms with Crippen molar-refractivity contribution in [3.8, 4) is 22.5 Å². The first-order valence-electron chi connectivity index (χ1n) is 15.4. The highest BCUT2D eigenvalue weighted by Gasteiger charge is 2.19. The van der Waals surface area contributed by atoms with Gasteiger partial charge in [-0.15, -0.1) is 0 Å². The number of rotatable bonds is 3. The Bertz CT molecular complexity index is 2700. The molecule has 0 spiro atoms. The van der Waals surface area contributed by atoms with E-state index in [0.29, 0.717) is 0 Å². The lowest BCUT2D eigenvalue weighted by Gasteiger charge is -2.12. The van der Waals surface area contributed by atoms with Gasteiger partial charge in [0.05, 0.1) is 22.1 Å². The monoisotopic (exact) mass is 574 g/mol. The van der Waals surface area contributed by atoms with Crippen molar-refractivity contribution in [3.63, 3.8) is 0 Å². The number of benzene rings is 7. The summed E-state index contributed by atoms with van der Waals surface area (Å²) in [6, 6.07) is 56.5. The summed E-state index contributed by atoms with van der Waals surface area (Å²) in [7, 11) is 0. The Labute approximate surface area is 258 Å². The second-order valence-electron chi connectivity index (χ2n) is 11.8. The topological polar surface area (TPSA) is 23.0 Å². The van der Waals surface area contributed by atoms with Gasteiger partial charge in [-0.05, 0) is 65.7 Å². The van der Waals surface area contributed by atoms with Crippen LogP contribution in [0.2, 0.25) is 0 Å². The van der Waals surface area contributed by atoms with Gasteiger partial charge in [0.1, 0.15) is 5.58 Å². The van der Waals surface area contributed by atoms with Gasteiger partial charge in [0.25, 0.3) is 0 Å². The van der Waals surface area contributed by atoms with E-state index in [9.17, 15) is 0 Å². The molecule has 0 atom stereocenters. The minimum absolute atomic E-state index is 0.911. The van der Waals surface area contributed by atoms with E-state index in [1.165, 1.54) is 49.2 Å². The molecule has 0 aliphatic heterocycles. The van der Waals surface area contributed by atoms with E-state index in [1.807, 2.05) is 6.07 Å². The van der Waals surface area contributed by atoms with Crippen LogP contribution in [0.3, 0.4) is 0 Å². The van der Waals surface area contributed by atoms with Crippen molar-refractivity contribution in [2.45, 2.75) is 0 Å². The molecule has 3 heterocycles. The van der Waals surface area contributed by atoms with Crippen molar-refractivity contribution in [1.29, 1.82) is 0 Å². The van der Waals surface area contributed by atoms with E-state index >= 15 is 0 Å². The fourth-order valence-electron chi connectivity index (χ4n) is 7.33. The SMILES string of the molecule is c1cc(-c2ccc(-n3c4ccccc4c4ccccc43)cc2)cc(-n2c3ccccc3c3ccc4c5ccccc5oc4c32)c1. The summed E-state index contributed by atoms with van der Waals surface area (Å²) in [6.45, 7) is 0. The molecule has 0 amide bonds. The number of nitrogens with zero attached hydrogens (tertiary/aromatic N) is 2. The second kappa shape index (κ2) is 9.22. The number of hydrogen-bond acceptors (Lipinski definition) is 1. The van der Waals surface area contributed by atoms with Crippen LogP contribution in [0.5, 0.6) is 0 Å². The standard InChI is InChI=1S/C42H26N2O/c1-5-16-37-31(12-1)32-13-2-6-17-38(32)43(37)29-22-20-27(21-23-29)28-10-9-11-30(26-28)44-39-18-7-3-14-33(39)35-24-25-36-34-15-4-8-19-40(34)45-42(36)41(35)44/h1-26H. The molecule has 0 aliphatic carbocycles. The van der Waals surface area contributed by atoms with Gasteiger partial charge in [-0.2, -0.15) is 0 Å². The lowest BCUT2D eigenvalue weighted by Crippen LogP contribution is -1.95. The number of fused-ring (bicyclic) bond motifs is 10. The first kappa shape index (κ1) is 24.4. The molecule has 10 rings (SSSR count). The van der Waals surface area contributed by atoms with Crippen LogP contribution in [0.1, 0.15) is 0 Å². The van der Waals surface area contributed by atoms with Crippen LogP contribution in [-0.2, 0) is 0 Å². The Hall–Kier alpha value is -6.06. The van der Waals surface area contributed by atoms with Gasteiger partial charge < -0.3 is 13.6 Å². The Balaban J connectivity index is 1.15. The summed E-state index contributed by atoms with van der Waals surface area (Å²) in [5, 5.41) is 7.24. The normalized spacial score (nSPS) is 12.0. The van der Waals surface area contributed by atoms with Gasteiger partial charge in [-0.25, -0.2) is 0 Å². The van der Waals surface area contributed by atoms with Gasteiger partial charge in [0.15, 0.2) is 5.58 Å². The van der Waals surface area contributed by atoms with E-state index in [1.54, 1.807) is 0 Å². The Morgan fingerprint density at radius 1 is 0.356 bits per heavy atom. The Morgan fingerprint density at radius 3 is 1.64 bits per heavy atom. The predicted molar refractivity (Wildman–Crippen MR) is 188 cm³/mol. The van der Waals surface area contributed by atoms with Crippen LogP contribution in [-0.4, -0.2) is 9.13 Å². The van der Waals surface area contributed by atoms with Crippen molar-refractivity contribution in [2.75, 3.05) is 0 Å². The first-order chi connectivity index (χ1) is 22.3. The zero-order valence-corrected chi connectivity index (χ0v) is 24.3. The quantitative estimate of drug-likeness (QED) is 0.206. The summed E-state index contributed by atoms with van der Waals surface area (Å²) in [6.07, 6.45) is 0. The minimum atomic E-state index is 0.911. The summed E-state index contributed by atoms with van der Waals surface area (Å²) in [4.78, 5) is 0. The van der Waals surface area contributed by atoms with Crippen LogP contribution in [0.15, 0.2) is 162 Å². The maximum Gasteiger partial charge on any atom is 0.160 e. The van der Waals surface area contributed by atoms with Crippen molar-refractivity contribution >= 4 is 65.6 Å². The zero-order chi connectivity index (χ0) is 29.5. The van der Waals surface area contributed by atoms with Gasteiger partial charge in [-0.1, -0.05) is 103 Å². The van der Waals surface area contributed by atoms with E-state index in [2.05, 4.69) is 161 Å². The lowest BCUT2D eigenvalue weighted by molar-refractivity contribution is 0.671. The molecule has 45 heavy (non-hydrogen) atoms. The van der Waals surface area contributed by atoms with Gasteiger partial charge in [0.2, 0.25) is 0 Å².